The molecular weight excluding hydrogens is 623 g/mol. The molecule has 0 atom stereocenters. The number of rotatable bonds is 6. The number of pyridine rings is 1. The molecule has 0 aliphatic carbocycles. The SMILES string of the molecule is c1ccc(-c2nc(-c3ccccc3)nc(N(c3ccccc3)c3ccc(-c4ccc5ccc6cc7cccnc7c7ccc4c5c67)cc3)n2)cc1. The third-order valence-corrected chi connectivity index (χ3v) is 9.69. The number of hydrogen-bond donors (Lipinski definition) is 0. The quantitative estimate of drug-likeness (QED) is 0.132. The fourth-order valence-corrected chi connectivity index (χ4v) is 7.32. The molecule has 0 saturated heterocycles. The zero-order chi connectivity index (χ0) is 33.7. The predicted octanol–water partition coefficient (Wildman–Crippen LogP) is 11.8. The maximum atomic E-state index is 5.07. The number of nitrogens with zero attached hydrogens (tertiary/aromatic N) is 5. The van der Waals surface area contributed by atoms with Crippen LogP contribution in [0, 0.1) is 0 Å². The molecule has 5 nitrogen and oxygen atoms in total. The molecule has 51 heavy (non-hydrogen) atoms. The van der Waals surface area contributed by atoms with Gasteiger partial charge in [-0.15, -0.1) is 0 Å². The van der Waals surface area contributed by atoms with Gasteiger partial charge in [-0.25, -0.2) is 4.98 Å². The van der Waals surface area contributed by atoms with Crippen LogP contribution < -0.4 is 4.90 Å². The Hall–Kier alpha value is -6.98. The molecule has 10 rings (SSSR count). The van der Waals surface area contributed by atoms with Gasteiger partial charge in [-0.2, -0.15) is 9.97 Å². The molecule has 2 aromatic heterocycles. The van der Waals surface area contributed by atoms with Gasteiger partial charge in [0.1, 0.15) is 0 Å². The van der Waals surface area contributed by atoms with Crippen LogP contribution in [-0.4, -0.2) is 19.9 Å². The van der Waals surface area contributed by atoms with Gasteiger partial charge in [-0.05, 0) is 74.5 Å². The first-order chi connectivity index (χ1) is 25.3. The fourth-order valence-electron chi connectivity index (χ4n) is 7.32. The summed E-state index contributed by atoms with van der Waals surface area (Å²) < 4.78 is 0. The zero-order valence-corrected chi connectivity index (χ0v) is 27.5. The number of fused-ring (bicyclic) bond motifs is 2. The maximum Gasteiger partial charge on any atom is 0.238 e. The highest BCUT2D eigenvalue weighted by Crippen LogP contribution is 2.42. The first-order valence-corrected chi connectivity index (χ1v) is 17.1. The summed E-state index contributed by atoms with van der Waals surface area (Å²) in [5.74, 6) is 1.78. The Bertz CT molecular complexity index is 2780. The molecule has 8 aromatic carbocycles. The minimum atomic E-state index is 0.547. The Morgan fingerprint density at radius 2 is 0.980 bits per heavy atom. The molecule has 238 valence electrons. The van der Waals surface area contributed by atoms with E-state index >= 15 is 0 Å². The van der Waals surface area contributed by atoms with E-state index in [9.17, 15) is 0 Å². The summed E-state index contributed by atoms with van der Waals surface area (Å²) in [4.78, 5) is 21.9. The molecule has 0 radical (unpaired) electrons. The third-order valence-electron chi connectivity index (χ3n) is 9.69. The molecular formula is C46H29N5. The van der Waals surface area contributed by atoms with E-state index in [4.69, 9.17) is 19.9 Å². The van der Waals surface area contributed by atoms with Crippen molar-refractivity contribution in [2.45, 2.75) is 0 Å². The molecule has 0 spiro atoms. The third kappa shape index (κ3) is 4.94. The van der Waals surface area contributed by atoms with Gasteiger partial charge >= 0.3 is 0 Å². The summed E-state index contributed by atoms with van der Waals surface area (Å²) in [5.41, 5.74) is 7.13. The van der Waals surface area contributed by atoms with Crippen molar-refractivity contribution in [1.82, 2.24) is 19.9 Å². The Kier molecular flexibility index (Phi) is 6.74. The number of benzene rings is 8. The molecule has 0 saturated carbocycles. The lowest BCUT2D eigenvalue weighted by atomic mass is 9.89. The van der Waals surface area contributed by atoms with Crippen molar-refractivity contribution in [3.63, 3.8) is 0 Å². The van der Waals surface area contributed by atoms with Gasteiger partial charge in [-0.3, -0.25) is 9.88 Å². The van der Waals surface area contributed by atoms with E-state index in [1.165, 1.54) is 37.9 Å². The number of para-hydroxylation sites is 1. The summed E-state index contributed by atoms with van der Waals surface area (Å²) in [6, 6.07) is 59.0. The van der Waals surface area contributed by atoms with Crippen molar-refractivity contribution >= 4 is 60.5 Å². The Labute approximate surface area is 294 Å². The van der Waals surface area contributed by atoms with Crippen molar-refractivity contribution < 1.29 is 0 Å². The minimum Gasteiger partial charge on any atom is -0.279 e. The van der Waals surface area contributed by atoms with Gasteiger partial charge in [0, 0.05) is 39.5 Å². The van der Waals surface area contributed by atoms with Gasteiger partial charge in [0.2, 0.25) is 5.95 Å². The molecule has 5 heteroatoms. The van der Waals surface area contributed by atoms with E-state index in [0.717, 1.165) is 39.0 Å². The van der Waals surface area contributed by atoms with Crippen LogP contribution in [0.3, 0.4) is 0 Å². The van der Waals surface area contributed by atoms with E-state index in [1.54, 1.807) is 0 Å². The van der Waals surface area contributed by atoms with Crippen molar-refractivity contribution in [3.8, 4) is 33.9 Å². The second-order valence-corrected chi connectivity index (χ2v) is 12.7. The van der Waals surface area contributed by atoms with Crippen LogP contribution in [-0.2, 0) is 0 Å². The smallest absolute Gasteiger partial charge is 0.238 e. The second kappa shape index (κ2) is 11.9. The van der Waals surface area contributed by atoms with E-state index in [0.29, 0.717) is 17.6 Å². The lowest BCUT2D eigenvalue weighted by Crippen LogP contribution is -2.15. The average Bonchev–Trinajstić information content (AvgIpc) is 3.21. The monoisotopic (exact) mass is 651 g/mol. The van der Waals surface area contributed by atoms with E-state index in [2.05, 4.69) is 89.8 Å². The highest BCUT2D eigenvalue weighted by molar-refractivity contribution is 6.30. The highest BCUT2D eigenvalue weighted by atomic mass is 15.3. The Balaban J connectivity index is 1.13. The molecule has 0 amide bonds. The fraction of sp³-hybridized carbons (Fsp3) is 0. The van der Waals surface area contributed by atoms with E-state index < -0.39 is 0 Å². The summed E-state index contributed by atoms with van der Waals surface area (Å²) in [6.45, 7) is 0. The van der Waals surface area contributed by atoms with Crippen molar-refractivity contribution in [2.75, 3.05) is 4.90 Å². The first kappa shape index (κ1) is 29.0. The van der Waals surface area contributed by atoms with Crippen LogP contribution in [0.25, 0.3) is 77.1 Å². The van der Waals surface area contributed by atoms with Crippen LogP contribution >= 0.6 is 0 Å². The summed E-state index contributed by atoms with van der Waals surface area (Å²) in [6.07, 6.45) is 1.88. The summed E-state index contributed by atoms with van der Waals surface area (Å²) in [7, 11) is 0. The van der Waals surface area contributed by atoms with E-state index in [-0.39, 0.29) is 0 Å². The molecule has 0 aliphatic rings. The topological polar surface area (TPSA) is 54.8 Å². The average molecular weight is 652 g/mol. The number of anilines is 3. The second-order valence-electron chi connectivity index (χ2n) is 12.7. The first-order valence-electron chi connectivity index (χ1n) is 17.1. The highest BCUT2D eigenvalue weighted by Gasteiger charge is 2.20. The van der Waals surface area contributed by atoms with Crippen molar-refractivity contribution in [3.05, 3.63) is 176 Å². The molecule has 0 fully saturated rings. The summed E-state index contributed by atoms with van der Waals surface area (Å²) in [5, 5.41) is 8.58. The van der Waals surface area contributed by atoms with Crippen molar-refractivity contribution in [1.29, 1.82) is 0 Å². The van der Waals surface area contributed by atoms with Crippen LogP contribution in [0.15, 0.2) is 176 Å². The minimum absolute atomic E-state index is 0.547. The zero-order valence-electron chi connectivity index (χ0n) is 27.5. The Morgan fingerprint density at radius 1 is 0.392 bits per heavy atom. The molecule has 0 unspecified atom stereocenters. The van der Waals surface area contributed by atoms with Crippen LogP contribution in [0.2, 0.25) is 0 Å². The predicted molar refractivity (Wildman–Crippen MR) is 210 cm³/mol. The standard InChI is InChI=1S/C46H29N5/c1-4-11-32(12-5-1)44-48-45(33-13-6-2-7-14-33)50-46(49-44)51(36-16-8-3-9-17-36)37-23-20-30(21-24-37)38-25-22-31-18-19-34-29-35-15-10-28-47-43(35)40-27-26-39(38)41(31)42(34)40/h1-29H. The molecule has 0 N–H and O–H groups in total. The number of aromatic nitrogens is 4. The van der Waals surface area contributed by atoms with Crippen LogP contribution in [0.5, 0.6) is 0 Å². The largest absolute Gasteiger partial charge is 0.279 e. The lowest BCUT2D eigenvalue weighted by molar-refractivity contribution is 1.02. The van der Waals surface area contributed by atoms with Gasteiger partial charge in [0.25, 0.3) is 0 Å². The van der Waals surface area contributed by atoms with Gasteiger partial charge < -0.3 is 0 Å². The molecule has 10 aromatic rings. The van der Waals surface area contributed by atoms with Crippen molar-refractivity contribution in [2.24, 2.45) is 0 Å². The number of hydrogen-bond acceptors (Lipinski definition) is 5. The molecule has 0 aliphatic heterocycles. The van der Waals surface area contributed by atoms with Crippen LogP contribution in [0.1, 0.15) is 0 Å². The molecule has 2 heterocycles. The van der Waals surface area contributed by atoms with Gasteiger partial charge in [-0.1, -0.05) is 133 Å². The van der Waals surface area contributed by atoms with Crippen LogP contribution in [0.4, 0.5) is 17.3 Å². The summed E-state index contributed by atoms with van der Waals surface area (Å²) >= 11 is 0. The van der Waals surface area contributed by atoms with Gasteiger partial charge in [0.15, 0.2) is 11.6 Å². The molecule has 0 bridgehead atoms. The Morgan fingerprint density at radius 3 is 1.69 bits per heavy atom. The van der Waals surface area contributed by atoms with E-state index in [1.807, 2.05) is 91.1 Å². The normalized spacial score (nSPS) is 11.5. The lowest BCUT2D eigenvalue weighted by Gasteiger charge is -2.24. The van der Waals surface area contributed by atoms with Gasteiger partial charge in [0.05, 0.1) is 5.52 Å². The maximum absolute atomic E-state index is 5.07.